The molecule has 0 bridgehead atoms. The van der Waals surface area contributed by atoms with Gasteiger partial charge in [0, 0.05) is 0 Å². The van der Waals surface area contributed by atoms with Crippen molar-refractivity contribution in [1.82, 2.24) is 0 Å². The molecular formula is C26H54O2S. The van der Waals surface area contributed by atoms with Crippen LogP contribution in [0.3, 0.4) is 0 Å². The lowest BCUT2D eigenvalue weighted by Gasteiger charge is -2.12. The van der Waals surface area contributed by atoms with Crippen LogP contribution in [0.15, 0.2) is 0 Å². The lowest BCUT2D eigenvalue weighted by Crippen LogP contribution is -2.10. The number of hydrogen-bond acceptors (Lipinski definition) is 3. The van der Waals surface area contributed by atoms with Crippen LogP contribution in [0, 0.1) is 0 Å². The van der Waals surface area contributed by atoms with Gasteiger partial charge in [0.25, 0.3) is 0 Å². The minimum Gasteiger partial charge on any atom is -0.393 e. The number of aliphatic hydroxyl groups excluding tert-OH is 2. The van der Waals surface area contributed by atoms with Gasteiger partial charge in [-0.15, -0.1) is 0 Å². The summed E-state index contributed by atoms with van der Waals surface area (Å²) in [5, 5.41) is 20.2. The summed E-state index contributed by atoms with van der Waals surface area (Å²) in [6.45, 7) is 4.53. The molecule has 0 aromatic carbocycles. The van der Waals surface area contributed by atoms with Gasteiger partial charge in [0.1, 0.15) is 0 Å². The van der Waals surface area contributed by atoms with Crippen LogP contribution in [0.25, 0.3) is 0 Å². The zero-order valence-corrected chi connectivity index (χ0v) is 20.8. The van der Waals surface area contributed by atoms with E-state index in [1.165, 1.54) is 103 Å². The van der Waals surface area contributed by atoms with Gasteiger partial charge < -0.3 is 10.2 Å². The Hall–Kier alpha value is 0.270. The number of unbranched alkanes of at least 4 members (excludes halogenated alkanes) is 14. The maximum Gasteiger partial charge on any atom is 0.0548 e. The molecule has 2 atom stereocenters. The lowest BCUT2D eigenvalue weighted by atomic mass is 10.0. The van der Waals surface area contributed by atoms with Crippen molar-refractivity contribution in [2.24, 2.45) is 0 Å². The zero-order valence-electron chi connectivity index (χ0n) is 20.0. The van der Waals surface area contributed by atoms with Gasteiger partial charge in [-0.3, -0.25) is 0 Å². The number of hydrogen-bond donors (Lipinski definition) is 2. The molecule has 0 aliphatic carbocycles. The van der Waals surface area contributed by atoms with Crippen molar-refractivity contribution in [2.45, 2.75) is 154 Å². The molecule has 0 heterocycles. The molecule has 29 heavy (non-hydrogen) atoms. The second kappa shape index (κ2) is 24.5. The van der Waals surface area contributed by atoms with E-state index in [0.717, 1.165) is 37.2 Å². The summed E-state index contributed by atoms with van der Waals surface area (Å²) in [5.74, 6) is 2.06. The van der Waals surface area contributed by atoms with Gasteiger partial charge in [-0.25, -0.2) is 0 Å². The Morgan fingerprint density at radius 2 is 0.759 bits per heavy atom. The molecule has 0 aliphatic heterocycles. The van der Waals surface area contributed by atoms with Gasteiger partial charge in [0.05, 0.1) is 12.2 Å². The molecule has 0 saturated carbocycles. The van der Waals surface area contributed by atoms with E-state index in [0.29, 0.717) is 0 Å². The smallest absolute Gasteiger partial charge is 0.0548 e. The molecule has 0 rings (SSSR count). The first-order valence-electron chi connectivity index (χ1n) is 13.1. The van der Waals surface area contributed by atoms with E-state index >= 15 is 0 Å². The van der Waals surface area contributed by atoms with E-state index in [4.69, 9.17) is 0 Å². The molecule has 2 unspecified atom stereocenters. The molecule has 0 fully saturated rings. The van der Waals surface area contributed by atoms with E-state index in [-0.39, 0.29) is 12.2 Å². The molecule has 0 amide bonds. The van der Waals surface area contributed by atoms with E-state index in [2.05, 4.69) is 13.8 Å². The molecule has 2 nitrogen and oxygen atoms in total. The minimum absolute atomic E-state index is 0.121. The second-order valence-corrected chi connectivity index (χ2v) is 10.2. The van der Waals surface area contributed by atoms with Gasteiger partial charge in [-0.05, 0) is 37.2 Å². The summed E-state index contributed by atoms with van der Waals surface area (Å²) >= 11 is 1.90. The van der Waals surface area contributed by atoms with Crippen LogP contribution in [-0.2, 0) is 0 Å². The van der Waals surface area contributed by atoms with Crippen molar-refractivity contribution in [2.75, 3.05) is 11.5 Å². The summed E-state index contributed by atoms with van der Waals surface area (Å²) in [6, 6.07) is 0. The highest BCUT2D eigenvalue weighted by molar-refractivity contribution is 7.99. The van der Waals surface area contributed by atoms with Gasteiger partial charge in [-0.2, -0.15) is 11.8 Å². The molecule has 2 N–H and O–H groups in total. The predicted octanol–water partition coefficient (Wildman–Crippen LogP) is 8.28. The highest BCUT2D eigenvalue weighted by Crippen LogP contribution is 2.16. The highest BCUT2D eigenvalue weighted by Gasteiger charge is 2.06. The molecule has 0 aromatic rings. The Morgan fingerprint density at radius 3 is 1.10 bits per heavy atom. The van der Waals surface area contributed by atoms with Crippen LogP contribution in [-0.4, -0.2) is 33.9 Å². The minimum atomic E-state index is -0.121. The maximum atomic E-state index is 10.1. The summed E-state index contributed by atoms with van der Waals surface area (Å²) < 4.78 is 0. The van der Waals surface area contributed by atoms with Crippen molar-refractivity contribution in [1.29, 1.82) is 0 Å². The average molecular weight is 431 g/mol. The van der Waals surface area contributed by atoms with E-state index in [1.54, 1.807) is 0 Å². The highest BCUT2D eigenvalue weighted by atomic mass is 32.2. The molecule has 0 aromatic heterocycles. The van der Waals surface area contributed by atoms with Crippen LogP contribution in [0.2, 0.25) is 0 Å². The fourth-order valence-corrected chi connectivity index (χ4v) is 4.94. The normalized spacial score (nSPS) is 13.7. The summed E-state index contributed by atoms with van der Waals surface area (Å²) in [5.41, 5.74) is 0. The van der Waals surface area contributed by atoms with E-state index in [9.17, 15) is 10.2 Å². The van der Waals surface area contributed by atoms with Crippen molar-refractivity contribution < 1.29 is 10.2 Å². The molecular weight excluding hydrogens is 376 g/mol. The standard InChI is InChI=1S/C26H54O2S/c1-3-5-7-9-11-13-15-17-19-25(27)21-23-29-24-22-26(28)20-18-16-14-12-10-8-6-4-2/h25-28H,3-24H2,1-2H3. The van der Waals surface area contributed by atoms with Crippen LogP contribution < -0.4 is 0 Å². The first kappa shape index (κ1) is 29.3. The van der Waals surface area contributed by atoms with Crippen LogP contribution in [0.4, 0.5) is 0 Å². The topological polar surface area (TPSA) is 40.5 Å². The van der Waals surface area contributed by atoms with Gasteiger partial charge in [-0.1, -0.05) is 117 Å². The maximum absolute atomic E-state index is 10.1. The van der Waals surface area contributed by atoms with Gasteiger partial charge in [0.15, 0.2) is 0 Å². The predicted molar refractivity (Wildman–Crippen MR) is 133 cm³/mol. The summed E-state index contributed by atoms with van der Waals surface area (Å²) in [4.78, 5) is 0. The zero-order chi connectivity index (χ0) is 21.4. The van der Waals surface area contributed by atoms with Gasteiger partial charge >= 0.3 is 0 Å². The third-order valence-electron chi connectivity index (χ3n) is 5.97. The summed E-state index contributed by atoms with van der Waals surface area (Å²) in [7, 11) is 0. The quantitative estimate of drug-likeness (QED) is 0.151. The fraction of sp³-hybridized carbons (Fsp3) is 1.00. The lowest BCUT2D eigenvalue weighted by molar-refractivity contribution is 0.156. The molecule has 0 spiro atoms. The van der Waals surface area contributed by atoms with Crippen molar-refractivity contribution in [3.8, 4) is 0 Å². The third-order valence-corrected chi connectivity index (χ3v) is 7.02. The molecule has 0 aliphatic rings. The van der Waals surface area contributed by atoms with Crippen LogP contribution in [0.1, 0.15) is 142 Å². The Labute approximate surface area is 188 Å². The van der Waals surface area contributed by atoms with Crippen molar-refractivity contribution in [3.63, 3.8) is 0 Å². The van der Waals surface area contributed by atoms with Crippen LogP contribution in [0.5, 0.6) is 0 Å². The molecule has 176 valence electrons. The molecule has 0 saturated heterocycles. The average Bonchev–Trinajstić information content (AvgIpc) is 2.71. The second-order valence-electron chi connectivity index (χ2n) is 9.02. The Morgan fingerprint density at radius 1 is 0.448 bits per heavy atom. The third kappa shape index (κ3) is 24.4. The number of aliphatic hydroxyl groups is 2. The monoisotopic (exact) mass is 430 g/mol. The SMILES string of the molecule is CCCCCCCCCCC(O)CCSCCC(O)CCCCCCCCCC. The number of thioether (sulfide) groups is 1. The summed E-state index contributed by atoms with van der Waals surface area (Å²) in [6.07, 6.45) is 24.8. The Kier molecular flexibility index (Phi) is 24.8. The number of rotatable bonds is 24. The molecule has 3 heteroatoms. The van der Waals surface area contributed by atoms with Crippen LogP contribution >= 0.6 is 11.8 Å². The largest absolute Gasteiger partial charge is 0.393 e. The van der Waals surface area contributed by atoms with Crippen molar-refractivity contribution in [3.05, 3.63) is 0 Å². The van der Waals surface area contributed by atoms with E-state index < -0.39 is 0 Å². The molecule has 0 radical (unpaired) electrons. The Balaban J connectivity index is 3.27. The van der Waals surface area contributed by atoms with E-state index in [1.807, 2.05) is 11.8 Å². The fourth-order valence-electron chi connectivity index (χ4n) is 3.86. The van der Waals surface area contributed by atoms with Gasteiger partial charge in [0.2, 0.25) is 0 Å². The van der Waals surface area contributed by atoms with Crippen molar-refractivity contribution >= 4 is 11.8 Å². The first-order valence-corrected chi connectivity index (χ1v) is 14.3. The Bertz CT molecular complexity index is 270. The first-order chi connectivity index (χ1) is 14.2.